The highest BCUT2D eigenvalue weighted by Gasteiger charge is 2.34. The lowest BCUT2D eigenvalue weighted by Crippen LogP contribution is -2.39. The quantitative estimate of drug-likeness (QED) is 0.702. The molecule has 1 aliphatic carbocycles. The lowest BCUT2D eigenvalue weighted by molar-refractivity contribution is 0.0232. The third-order valence-electron chi connectivity index (χ3n) is 3.67. The van der Waals surface area contributed by atoms with Gasteiger partial charge in [0.25, 0.3) is 0 Å². The van der Waals surface area contributed by atoms with Gasteiger partial charge in [-0.2, -0.15) is 0 Å². The number of amides is 1. The van der Waals surface area contributed by atoms with E-state index < -0.39 is 21.4 Å². The maximum atomic E-state index is 13.1. The highest BCUT2D eigenvalue weighted by atomic mass is 35.5. The molecule has 0 heterocycles. The molecular weight excluding hydrogens is 383 g/mol. The fraction of sp³-hybridized carbons (Fsp3) is 0.588. The van der Waals surface area contributed by atoms with Crippen LogP contribution in [0.25, 0.3) is 0 Å². The number of sulfonamides is 1. The highest BCUT2D eigenvalue weighted by Crippen LogP contribution is 2.28. The molecule has 0 aromatic heterocycles. The predicted octanol–water partition coefficient (Wildman–Crippen LogP) is 3.55. The van der Waals surface area contributed by atoms with E-state index in [0.717, 1.165) is 31.0 Å². The Morgan fingerprint density at radius 1 is 1.38 bits per heavy atom. The number of carbonyl (C=O) groups is 1. The van der Waals surface area contributed by atoms with E-state index in [9.17, 15) is 17.6 Å². The van der Waals surface area contributed by atoms with E-state index in [2.05, 4.69) is 4.72 Å². The van der Waals surface area contributed by atoms with Crippen LogP contribution in [-0.4, -0.2) is 44.1 Å². The molecule has 0 saturated heterocycles. The van der Waals surface area contributed by atoms with Crippen molar-refractivity contribution in [2.45, 2.75) is 56.6 Å². The van der Waals surface area contributed by atoms with Crippen molar-refractivity contribution < 1.29 is 22.3 Å². The largest absolute Gasteiger partial charge is 0.444 e. The first kappa shape index (κ1) is 20.9. The Balaban J connectivity index is 1.89. The van der Waals surface area contributed by atoms with Gasteiger partial charge in [-0.3, -0.25) is 0 Å². The van der Waals surface area contributed by atoms with Gasteiger partial charge in [-0.15, -0.1) is 0 Å². The van der Waals surface area contributed by atoms with E-state index in [0.29, 0.717) is 13.0 Å². The monoisotopic (exact) mass is 406 g/mol. The first-order chi connectivity index (χ1) is 12.0. The van der Waals surface area contributed by atoms with Crippen LogP contribution >= 0.6 is 11.6 Å². The minimum atomic E-state index is -3.84. The normalized spacial score (nSPS) is 15.0. The highest BCUT2D eigenvalue weighted by molar-refractivity contribution is 7.89. The van der Waals surface area contributed by atoms with Crippen molar-refractivity contribution in [1.82, 2.24) is 9.62 Å². The summed E-state index contributed by atoms with van der Waals surface area (Å²) in [7, 11) is -3.84. The second-order valence-corrected chi connectivity index (χ2v) is 9.37. The van der Waals surface area contributed by atoms with Gasteiger partial charge in [-0.05, 0) is 58.2 Å². The zero-order valence-corrected chi connectivity index (χ0v) is 16.7. The van der Waals surface area contributed by atoms with Crippen LogP contribution in [0.1, 0.15) is 40.0 Å². The molecule has 26 heavy (non-hydrogen) atoms. The number of rotatable bonds is 7. The van der Waals surface area contributed by atoms with Gasteiger partial charge in [0.2, 0.25) is 10.0 Å². The van der Waals surface area contributed by atoms with Crippen LogP contribution in [0.2, 0.25) is 5.02 Å². The first-order valence-corrected chi connectivity index (χ1v) is 10.3. The number of ether oxygens (including phenoxy) is 1. The summed E-state index contributed by atoms with van der Waals surface area (Å²) in [5.41, 5.74) is -0.578. The number of benzene rings is 1. The van der Waals surface area contributed by atoms with Gasteiger partial charge >= 0.3 is 6.09 Å². The molecule has 0 aliphatic heterocycles. The topological polar surface area (TPSA) is 75.7 Å². The standard InChI is InChI=1S/C17H24ClFN2O4S/c1-17(2,3)25-16(22)21(13-6-7-13)10-4-9-20-26(23,24)15-8-5-12(19)11-14(15)18/h5,8,11,13,20H,4,6-7,9-10H2,1-3H3. The van der Waals surface area contributed by atoms with Crippen molar-refractivity contribution in [1.29, 1.82) is 0 Å². The molecule has 2 rings (SSSR count). The maximum Gasteiger partial charge on any atom is 0.410 e. The van der Waals surface area contributed by atoms with E-state index >= 15 is 0 Å². The number of hydrogen-bond donors (Lipinski definition) is 1. The van der Waals surface area contributed by atoms with Gasteiger partial charge < -0.3 is 9.64 Å². The summed E-state index contributed by atoms with van der Waals surface area (Å²) in [6.45, 7) is 5.92. The Hall–Kier alpha value is -1.38. The Kier molecular flexibility index (Phi) is 6.52. The van der Waals surface area contributed by atoms with Crippen LogP contribution in [0.4, 0.5) is 9.18 Å². The minimum absolute atomic E-state index is 0.127. The SMILES string of the molecule is CC(C)(C)OC(=O)N(CCCNS(=O)(=O)c1ccc(F)cc1Cl)C1CC1. The summed E-state index contributed by atoms with van der Waals surface area (Å²) in [4.78, 5) is 13.7. The van der Waals surface area contributed by atoms with Crippen molar-refractivity contribution in [3.8, 4) is 0 Å². The smallest absolute Gasteiger partial charge is 0.410 e. The molecule has 1 amide bonds. The molecule has 1 fully saturated rings. The molecular formula is C17H24ClFN2O4S. The molecule has 0 spiro atoms. The molecule has 0 atom stereocenters. The second kappa shape index (κ2) is 8.10. The van der Waals surface area contributed by atoms with Crippen LogP contribution in [-0.2, 0) is 14.8 Å². The summed E-state index contributed by atoms with van der Waals surface area (Å²) in [6, 6.07) is 3.27. The summed E-state index contributed by atoms with van der Waals surface area (Å²) in [5.74, 6) is -0.605. The molecule has 0 bridgehead atoms. The molecule has 9 heteroatoms. The third-order valence-corrected chi connectivity index (χ3v) is 5.61. The van der Waals surface area contributed by atoms with Crippen LogP contribution in [0.5, 0.6) is 0 Å². The zero-order valence-electron chi connectivity index (χ0n) is 15.1. The maximum absolute atomic E-state index is 13.1. The van der Waals surface area contributed by atoms with Gasteiger partial charge in [0.1, 0.15) is 16.3 Å². The Morgan fingerprint density at radius 2 is 2.04 bits per heavy atom. The van der Waals surface area contributed by atoms with E-state index in [1.54, 1.807) is 25.7 Å². The molecule has 0 radical (unpaired) electrons. The molecule has 6 nitrogen and oxygen atoms in total. The molecule has 146 valence electrons. The number of carbonyl (C=O) groups excluding carboxylic acids is 1. The Labute approximate surface area is 158 Å². The predicted molar refractivity (Wildman–Crippen MR) is 97.2 cm³/mol. The van der Waals surface area contributed by atoms with Crippen LogP contribution in [0.15, 0.2) is 23.1 Å². The lowest BCUT2D eigenvalue weighted by Gasteiger charge is -2.27. The van der Waals surface area contributed by atoms with Crippen molar-refractivity contribution in [3.63, 3.8) is 0 Å². The fourth-order valence-corrected chi connectivity index (χ4v) is 3.96. The molecule has 1 saturated carbocycles. The zero-order chi connectivity index (χ0) is 19.5. The van der Waals surface area contributed by atoms with Gasteiger partial charge in [0.15, 0.2) is 0 Å². The van der Waals surface area contributed by atoms with Gasteiger partial charge in [-0.1, -0.05) is 11.6 Å². The van der Waals surface area contributed by atoms with Crippen molar-refractivity contribution in [3.05, 3.63) is 29.0 Å². The van der Waals surface area contributed by atoms with Crippen LogP contribution in [0.3, 0.4) is 0 Å². The van der Waals surface area contributed by atoms with Crippen LogP contribution in [0, 0.1) is 5.82 Å². The molecule has 1 N–H and O–H groups in total. The Morgan fingerprint density at radius 3 is 2.58 bits per heavy atom. The van der Waals surface area contributed by atoms with Crippen molar-refractivity contribution in [2.75, 3.05) is 13.1 Å². The van der Waals surface area contributed by atoms with Gasteiger partial charge in [0, 0.05) is 19.1 Å². The van der Waals surface area contributed by atoms with Crippen molar-refractivity contribution in [2.24, 2.45) is 0 Å². The van der Waals surface area contributed by atoms with Gasteiger partial charge in [-0.25, -0.2) is 22.3 Å². The fourth-order valence-electron chi connectivity index (χ4n) is 2.36. The van der Waals surface area contributed by atoms with E-state index in [-0.39, 0.29) is 28.6 Å². The number of hydrogen-bond acceptors (Lipinski definition) is 4. The molecule has 1 aromatic carbocycles. The van der Waals surface area contributed by atoms with E-state index in [1.165, 1.54) is 0 Å². The average molecular weight is 407 g/mol. The lowest BCUT2D eigenvalue weighted by atomic mass is 10.2. The number of nitrogens with zero attached hydrogens (tertiary/aromatic N) is 1. The second-order valence-electron chi connectivity index (χ2n) is 7.23. The average Bonchev–Trinajstić information content (AvgIpc) is 3.29. The van der Waals surface area contributed by atoms with Crippen LogP contribution < -0.4 is 4.72 Å². The van der Waals surface area contributed by atoms with Gasteiger partial charge in [0.05, 0.1) is 5.02 Å². The molecule has 1 aliphatic rings. The van der Waals surface area contributed by atoms with E-state index in [4.69, 9.17) is 16.3 Å². The first-order valence-electron chi connectivity index (χ1n) is 8.44. The summed E-state index contributed by atoms with van der Waals surface area (Å²) in [6.07, 6.45) is 1.89. The third kappa shape index (κ3) is 6.10. The van der Waals surface area contributed by atoms with Crippen molar-refractivity contribution >= 4 is 27.7 Å². The summed E-state index contributed by atoms with van der Waals surface area (Å²) < 4.78 is 45.4. The molecule has 0 unspecified atom stereocenters. The summed E-state index contributed by atoms with van der Waals surface area (Å²) >= 11 is 5.80. The molecule has 1 aromatic rings. The minimum Gasteiger partial charge on any atom is -0.444 e. The van der Waals surface area contributed by atoms with E-state index in [1.807, 2.05) is 0 Å². The number of halogens is 2. The Bertz CT molecular complexity index is 761. The number of nitrogens with one attached hydrogen (secondary N) is 1. The summed E-state index contributed by atoms with van der Waals surface area (Å²) in [5, 5.41) is -0.175.